The summed E-state index contributed by atoms with van der Waals surface area (Å²) in [5, 5.41) is 0. The van der Waals surface area contributed by atoms with Crippen LogP contribution in [0.15, 0.2) is 34.7 Å². The van der Waals surface area contributed by atoms with Gasteiger partial charge in [-0.05, 0) is 64.1 Å². The van der Waals surface area contributed by atoms with Gasteiger partial charge in [0.05, 0.1) is 0 Å². The topological polar surface area (TPSA) is 17.1 Å². The second-order valence-electron chi connectivity index (χ2n) is 6.90. The molecule has 108 valence electrons. The fourth-order valence-corrected chi connectivity index (χ4v) is 3.35. The summed E-state index contributed by atoms with van der Waals surface area (Å²) in [6, 6.07) is 0. The Labute approximate surface area is 119 Å². The summed E-state index contributed by atoms with van der Waals surface area (Å²) in [5.41, 5.74) is 4.72. The van der Waals surface area contributed by atoms with Crippen molar-refractivity contribution in [3.63, 3.8) is 0 Å². The average Bonchev–Trinajstić information content (AvgIpc) is 2.23. The predicted octanol–water partition coefficient (Wildman–Crippen LogP) is 5.99. The molecule has 0 aromatic carbocycles. The summed E-state index contributed by atoms with van der Waals surface area (Å²) in [6.07, 6.45) is 9.18. The van der Waals surface area contributed by atoms with E-state index in [0.717, 1.165) is 6.42 Å². The molecule has 0 heterocycles. The highest BCUT2D eigenvalue weighted by Crippen LogP contribution is 2.42. The van der Waals surface area contributed by atoms with Crippen molar-refractivity contribution >= 4 is 7.14 Å². The van der Waals surface area contributed by atoms with Gasteiger partial charge in [-0.3, -0.25) is 0 Å². The van der Waals surface area contributed by atoms with Crippen LogP contribution in [0.2, 0.25) is 0 Å². The molecule has 0 N–H and O–H groups in total. The molecule has 0 aliphatic heterocycles. The van der Waals surface area contributed by atoms with E-state index in [1.165, 1.54) is 24.8 Å². The van der Waals surface area contributed by atoms with Crippen molar-refractivity contribution in [2.24, 2.45) is 5.41 Å². The van der Waals surface area contributed by atoms with Crippen molar-refractivity contribution < 1.29 is 4.57 Å². The minimum Gasteiger partial charge on any atom is -0.320 e. The molecule has 0 atom stereocenters. The molecule has 0 radical (unpaired) electrons. The molecular weight excluding hydrogens is 251 g/mol. The maximum Gasteiger partial charge on any atom is 0.102 e. The molecular formula is C17H29OP. The molecule has 1 aliphatic carbocycles. The lowest BCUT2D eigenvalue weighted by Crippen LogP contribution is -2.20. The monoisotopic (exact) mass is 280 g/mol. The molecule has 19 heavy (non-hydrogen) atoms. The normalized spacial score (nSPS) is 21.3. The molecule has 0 saturated heterocycles. The summed E-state index contributed by atoms with van der Waals surface area (Å²) in [7, 11) is -2.05. The van der Waals surface area contributed by atoms with Crippen LogP contribution in [0.3, 0.4) is 0 Å². The van der Waals surface area contributed by atoms with Crippen molar-refractivity contribution in [2.45, 2.75) is 53.4 Å². The van der Waals surface area contributed by atoms with Crippen molar-refractivity contribution in [1.82, 2.24) is 0 Å². The van der Waals surface area contributed by atoms with Crippen LogP contribution in [0, 0.1) is 5.41 Å². The van der Waals surface area contributed by atoms with Gasteiger partial charge in [-0.15, -0.1) is 0 Å². The van der Waals surface area contributed by atoms with Crippen LogP contribution < -0.4 is 0 Å². The smallest absolute Gasteiger partial charge is 0.102 e. The van der Waals surface area contributed by atoms with Gasteiger partial charge in [-0.1, -0.05) is 42.7 Å². The number of hydrogen-bond acceptors (Lipinski definition) is 1. The Morgan fingerprint density at radius 1 is 1.37 bits per heavy atom. The largest absolute Gasteiger partial charge is 0.320 e. The SMILES string of the molecule is CC1=C(C/C=C(C)/C=C/P(C)(C)=O)C(C)(C)CCC1. The van der Waals surface area contributed by atoms with Crippen LogP contribution in [0.5, 0.6) is 0 Å². The van der Waals surface area contributed by atoms with E-state index in [9.17, 15) is 4.57 Å². The molecule has 0 fully saturated rings. The first-order chi connectivity index (χ1) is 8.62. The lowest BCUT2D eigenvalue weighted by molar-refractivity contribution is 0.360. The number of allylic oxidation sites excluding steroid dienone is 5. The highest BCUT2D eigenvalue weighted by molar-refractivity contribution is 7.65. The predicted molar refractivity (Wildman–Crippen MR) is 87.3 cm³/mol. The summed E-state index contributed by atoms with van der Waals surface area (Å²) >= 11 is 0. The van der Waals surface area contributed by atoms with Crippen LogP contribution >= 0.6 is 7.14 Å². The van der Waals surface area contributed by atoms with Crippen LogP contribution in [0.4, 0.5) is 0 Å². The van der Waals surface area contributed by atoms with E-state index in [-0.39, 0.29) is 0 Å². The maximum atomic E-state index is 11.7. The van der Waals surface area contributed by atoms with Crippen molar-refractivity contribution in [1.29, 1.82) is 0 Å². The molecule has 0 unspecified atom stereocenters. The third-order valence-corrected chi connectivity index (χ3v) is 4.88. The van der Waals surface area contributed by atoms with Gasteiger partial charge in [0.25, 0.3) is 0 Å². The molecule has 0 saturated carbocycles. The van der Waals surface area contributed by atoms with Gasteiger partial charge in [0.15, 0.2) is 0 Å². The minimum atomic E-state index is -2.05. The second kappa shape index (κ2) is 6.27. The first-order valence-corrected chi connectivity index (χ1v) is 9.89. The summed E-state index contributed by atoms with van der Waals surface area (Å²) in [4.78, 5) is 0. The Kier molecular flexibility index (Phi) is 5.44. The molecule has 0 aromatic heterocycles. The third-order valence-electron chi connectivity index (χ3n) is 4.01. The van der Waals surface area contributed by atoms with Gasteiger partial charge in [-0.25, -0.2) is 0 Å². The van der Waals surface area contributed by atoms with E-state index in [1.807, 2.05) is 11.9 Å². The van der Waals surface area contributed by atoms with E-state index in [0.29, 0.717) is 5.41 Å². The molecule has 2 heteroatoms. The fourth-order valence-electron chi connectivity index (χ4n) is 2.75. The lowest BCUT2D eigenvalue weighted by Gasteiger charge is -2.34. The van der Waals surface area contributed by atoms with E-state index in [2.05, 4.69) is 33.8 Å². The first kappa shape index (κ1) is 16.5. The average molecular weight is 280 g/mol. The zero-order chi connectivity index (χ0) is 14.7. The quantitative estimate of drug-likeness (QED) is 0.351. The summed E-state index contributed by atoms with van der Waals surface area (Å²) in [6.45, 7) is 12.7. The maximum absolute atomic E-state index is 11.7. The zero-order valence-corrected chi connectivity index (χ0v) is 14.3. The molecule has 0 amide bonds. The van der Waals surface area contributed by atoms with Crippen LogP contribution in [0.25, 0.3) is 0 Å². The van der Waals surface area contributed by atoms with Gasteiger partial charge >= 0.3 is 0 Å². The highest BCUT2D eigenvalue weighted by Gasteiger charge is 2.27. The number of rotatable bonds is 4. The van der Waals surface area contributed by atoms with Gasteiger partial charge in [0.2, 0.25) is 0 Å². The highest BCUT2D eigenvalue weighted by atomic mass is 31.2. The van der Waals surface area contributed by atoms with E-state index in [1.54, 1.807) is 24.5 Å². The number of hydrogen-bond donors (Lipinski definition) is 0. The fraction of sp³-hybridized carbons (Fsp3) is 0.647. The first-order valence-electron chi connectivity index (χ1n) is 7.21. The lowest BCUT2D eigenvalue weighted by atomic mass is 9.71. The van der Waals surface area contributed by atoms with Crippen molar-refractivity contribution in [2.75, 3.05) is 13.3 Å². The van der Waals surface area contributed by atoms with Crippen LogP contribution in [-0.4, -0.2) is 13.3 Å². The van der Waals surface area contributed by atoms with Gasteiger partial charge in [0, 0.05) is 0 Å². The Morgan fingerprint density at radius 3 is 2.53 bits per heavy atom. The van der Waals surface area contributed by atoms with E-state index >= 15 is 0 Å². The zero-order valence-electron chi connectivity index (χ0n) is 13.4. The van der Waals surface area contributed by atoms with Crippen LogP contribution in [-0.2, 0) is 4.57 Å². The van der Waals surface area contributed by atoms with Crippen molar-refractivity contribution in [3.8, 4) is 0 Å². The third kappa shape index (κ3) is 5.53. The van der Waals surface area contributed by atoms with E-state index in [4.69, 9.17) is 0 Å². The van der Waals surface area contributed by atoms with Gasteiger partial charge in [-0.2, -0.15) is 0 Å². The van der Waals surface area contributed by atoms with Gasteiger partial charge < -0.3 is 4.57 Å². The summed E-state index contributed by atoms with van der Waals surface area (Å²) < 4.78 is 11.7. The van der Waals surface area contributed by atoms with Crippen LogP contribution in [0.1, 0.15) is 53.4 Å². The Hall–Kier alpha value is -0.550. The second-order valence-corrected chi connectivity index (χ2v) is 10.1. The summed E-state index contributed by atoms with van der Waals surface area (Å²) in [5.74, 6) is 1.85. The molecule has 1 nitrogen and oxygen atoms in total. The molecule has 0 spiro atoms. The molecule has 0 aromatic rings. The Morgan fingerprint density at radius 2 is 2.00 bits per heavy atom. The Balaban J connectivity index is 2.80. The van der Waals surface area contributed by atoms with E-state index < -0.39 is 7.14 Å². The molecule has 1 aliphatic rings. The Bertz CT molecular complexity index is 458. The standard InChI is InChI=1S/C17H29OP/c1-14(11-13-19(5,6)18)9-10-16-15(2)8-7-12-17(16,3)4/h9,11,13H,7-8,10,12H2,1-6H3/b13-11+,14-9+. The van der Waals surface area contributed by atoms with Crippen molar-refractivity contribution in [3.05, 3.63) is 34.7 Å². The van der Waals surface area contributed by atoms with Gasteiger partial charge in [0.1, 0.15) is 7.14 Å². The molecule has 1 rings (SSSR count). The molecule has 0 bridgehead atoms. The minimum absolute atomic E-state index is 0.341.